The number of aliphatic hydroxyl groups excluding tert-OH is 1. The molecule has 3 rings (SSSR count). The number of rotatable bonds is 7. The van der Waals surface area contributed by atoms with E-state index in [1.807, 2.05) is 30.3 Å². The van der Waals surface area contributed by atoms with Crippen LogP contribution < -0.4 is 0 Å². The van der Waals surface area contributed by atoms with E-state index in [9.17, 15) is 19.5 Å². The number of carbonyl (C=O) groups excluding carboxylic acids is 3. The fourth-order valence-corrected chi connectivity index (χ4v) is 5.57. The monoisotopic (exact) mass is 442 g/mol. The Hall–Kier alpha value is -2.64. The van der Waals surface area contributed by atoms with Gasteiger partial charge >= 0.3 is 11.9 Å². The van der Waals surface area contributed by atoms with Gasteiger partial charge in [-0.2, -0.15) is 11.8 Å². The summed E-state index contributed by atoms with van der Waals surface area (Å²) in [5.41, 5.74) is -1.03. The van der Waals surface area contributed by atoms with Gasteiger partial charge < -0.3 is 14.6 Å². The number of hydrogen-bond donors (Lipinski definition) is 1. The lowest BCUT2D eigenvalue weighted by molar-refractivity contribution is -0.185. The summed E-state index contributed by atoms with van der Waals surface area (Å²) in [5, 5.41) is 10.5. The molecule has 0 spiro atoms. The highest BCUT2D eigenvalue weighted by Crippen LogP contribution is 2.54. The highest BCUT2D eigenvalue weighted by Gasteiger charge is 2.66. The quantitative estimate of drug-likeness (QED) is 0.399. The van der Waals surface area contributed by atoms with Crippen molar-refractivity contribution in [2.24, 2.45) is 11.3 Å². The van der Waals surface area contributed by atoms with E-state index in [1.54, 1.807) is 44.2 Å². The molecule has 0 unspecified atom stereocenters. The van der Waals surface area contributed by atoms with Crippen molar-refractivity contribution < 1.29 is 29.0 Å². The molecule has 1 saturated heterocycles. The Morgan fingerprint density at radius 2 is 1.45 bits per heavy atom. The van der Waals surface area contributed by atoms with Gasteiger partial charge in [0.2, 0.25) is 5.41 Å². The summed E-state index contributed by atoms with van der Waals surface area (Å²) in [5.74, 6) is -3.41. The Labute approximate surface area is 185 Å². The number of carbonyl (C=O) groups is 3. The summed E-state index contributed by atoms with van der Waals surface area (Å²) < 4.78 is 10.5. The Morgan fingerprint density at radius 3 is 1.97 bits per heavy atom. The molecule has 1 aliphatic rings. The van der Waals surface area contributed by atoms with Gasteiger partial charge in [-0.3, -0.25) is 14.4 Å². The highest BCUT2D eigenvalue weighted by atomic mass is 32.2. The molecule has 0 aliphatic carbocycles. The molecule has 0 amide bonds. The van der Waals surface area contributed by atoms with Crippen LogP contribution in [0.15, 0.2) is 60.7 Å². The first-order valence-electron chi connectivity index (χ1n) is 10.3. The molecule has 7 heteroatoms. The van der Waals surface area contributed by atoms with Gasteiger partial charge in [-0.1, -0.05) is 60.7 Å². The number of ether oxygens (including phenoxy) is 2. The zero-order chi connectivity index (χ0) is 22.4. The lowest BCUT2D eigenvalue weighted by atomic mass is 9.65. The van der Waals surface area contributed by atoms with Crippen molar-refractivity contribution in [2.75, 3.05) is 19.0 Å². The fraction of sp³-hybridized carbons (Fsp3) is 0.375. The third-order valence-corrected chi connectivity index (χ3v) is 6.86. The molecule has 0 aromatic heterocycles. The van der Waals surface area contributed by atoms with Gasteiger partial charge in [0.1, 0.15) is 0 Å². The number of Topliss-reactive ketones (excluding diaryl/α,β-unsaturated/α-hetero) is 1. The summed E-state index contributed by atoms with van der Waals surface area (Å²) >= 11 is 1.34. The lowest BCUT2D eigenvalue weighted by Crippen LogP contribution is -2.61. The molecule has 1 N–H and O–H groups in total. The van der Waals surface area contributed by atoms with Gasteiger partial charge in [-0.15, -0.1) is 0 Å². The Kier molecular flexibility index (Phi) is 7.51. The third kappa shape index (κ3) is 4.25. The van der Waals surface area contributed by atoms with Crippen molar-refractivity contribution in [3.05, 3.63) is 71.8 Å². The lowest BCUT2D eigenvalue weighted by Gasteiger charge is -2.46. The molecule has 1 aliphatic heterocycles. The van der Waals surface area contributed by atoms with Crippen LogP contribution in [0, 0.1) is 11.3 Å². The van der Waals surface area contributed by atoms with E-state index in [0.717, 1.165) is 5.56 Å². The van der Waals surface area contributed by atoms with Crippen LogP contribution in [0.2, 0.25) is 0 Å². The minimum atomic E-state index is -2.16. The van der Waals surface area contributed by atoms with Crippen molar-refractivity contribution in [3.63, 3.8) is 0 Å². The maximum atomic E-state index is 13.8. The van der Waals surface area contributed by atoms with Crippen LogP contribution >= 0.6 is 11.8 Å². The zero-order valence-electron chi connectivity index (χ0n) is 17.5. The van der Waals surface area contributed by atoms with E-state index in [2.05, 4.69) is 0 Å². The third-order valence-electron chi connectivity index (χ3n) is 5.45. The number of aliphatic hydroxyl groups is 1. The molecule has 3 atom stereocenters. The van der Waals surface area contributed by atoms with Crippen LogP contribution in [0.3, 0.4) is 0 Å². The molecular formula is C24H26O6S. The van der Waals surface area contributed by atoms with Gasteiger partial charge in [0.05, 0.1) is 25.2 Å². The van der Waals surface area contributed by atoms with Crippen molar-refractivity contribution in [3.8, 4) is 0 Å². The van der Waals surface area contributed by atoms with Crippen LogP contribution in [0.25, 0.3) is 0 Å². The maximum absolute atomic E-state index is 13.8. The molecule has 1 heterocycles. The van der Waals surface area contributed by atoms with Gasteiger partial charge in [-0.25, -0.2) is 0 Å². The van der Waals surface area contributed by atoms with Crippen LogP contribution in [0.4, 0.5) is 0 Å². The topological polar surface area (TPSA) is 89.9 Å². The van der Waals surface area contributed by atoms with E-state index in [-0.39, 0.29) is 19.0 Å². The first-order chi connectivity index (χ1) is 15.0. The first-order valence-corrected chi connectivity index (χ1v) is 11.3. The van der Waals surface area contributed by atoms with Crippen LogP contribution in [-0.4, -0.2) is 47.9 Å². The van der Waals surface area contributed by atoms with E-state index < -0.39 is 40.4 Å². The fourth-order valence-electron chi connectivity index (χ4n) is 4.04. The summed E-state index contributed by atoms with van der Waals surface area (Å²) in [6.45, 7) is 3.23. The van der Waals surface area contributed by atoms with Gasteiger partial charge in [0, 0.05) is 16.6 Å². The van der Waals surface area contributed by atoms with Crippen LogP contribution in [0.5, 0.6) is 0 Å². The summed E-state index contributed by atoms with van der Waals surface area (Å²) in [6.07, 6.45) is -1.44. The minimum Gasteiger partial charge on any atom is -0.465 e. The summed E-state index contributed by atoms with van der Waals surface area (Å²) in [7, 11) is 0. The average Bonchev–Trinajstić information content (AvgIpc) is 2.79. The van der Waals surface area contributed by atoms with Gasteiger partial charge in [0.25, 0.3) is 0 Å². The Bertz CT molecular complexity index is 896. The zero-order valence-corrected chi connectivity index (χ0v) is 18.3. The van der Waals surface area contributed by atoms with Crippen molar-refractivity contribution >= 4 is 29.5 Å². The van der Waals surface area contributed by atoms with E-state index >= 15 is 0 Å². The summed E-state index contributed by atoms with van der Waals surface area (Å²) in [4.78, 5) is 40.5. The molecule has 0 radical (unpaired) electrons. The molecule has 2 aromatic carbocycles. The van der Waals surface area contributed by atoms with E-state index in [1.165, 1.54) is 11.8 Å². The van der Waals surface area contributed by atoms with Crippen molar-refractivity contribution in [2.45, 2.75) is 25.2 Å². The Balaban J connectivity index is 2.25. The SMILES string of the molecule is CCOC(=O)C1(C(=O)OCC)[C@H](O)CS[C@@H](c2ccccc2)[C@H]1C(=O)c1ccccc1. The predicted octanol–water partition coefficient (Wildman–Crippen LogP) is 3.45. The second-order valence-corrected chi connectivity index (χ2v) is 8.37. The predicted molar refractivity (Wildman–Crippen MR) is 118 cm³/mol. The largest absolute Gasteiger partial charge is 0.465 e. The van der Waals surface area contributed by atoms with Gasteiger partial charge in [-0.05, 0) is 19.4 Å². The summed E-state index contributed by atoms with van der Waals surface area (Å²) in [6, 6.07) is 17.7. The number of thioether (sulfide) groups is 1. The molecular weight excluding hydrogens is 416 g/mol. The number of hydrogen-bond acceptors (Lipinski definition) is 7. The Morgan fingerprint density at radius 1 is 0.935 bits per heavy atom. The molecule has 0 saturated carbocycles. The number of esters is 2. The second-order valence-electron chi connectivity index (χ2n) is 7.20. The normalized spacial score (nSPS) is 22.4. The standard InChI is InChI=1S/C24H26O6S/c1-3-29-22(27)24(23(28)30-4-2)18(25)15-31-21(17-13-9-6-10-14-17)19(24)20(26)16-11-7-5-8-12-16/h5-14,18-19,21,25H,3-4,15H2,1-2H3/t18-,19-,21+/m1/s1. The molecule has 2 aromatic rings. The second kappa shape index (κ2) is 10.1. The van der Waals surface area contributed by atoms with Crippen LogP contribution in [-0.2, 0) is 19.1 Å². The number of benzene rings is 2. The molecule has 1 fully saturated rings. The van der Waals surface area contributed by atoms with E-state index in [4.69, 9.17) is 9.47 Å². The van der Waals surface area contributed by atoms with Crippen molar-refractivity contribution in [1.29, 1.82) is 0 Å². The molecule has 0 bridgehead atoms. The number of ketones is 1. The van der Waals surface area contributed by atoms with E-state index in [0.29, 0.717) is 5.56 Å². The van der Waals surface area contributed by atoms with Crippen molar-refractivity contribution in [1.82, 2.24) is 0 Å². The molecule has 6 nitrogen and oxygen atoms in total. The van der Waals surface area contributed by atoms with Crippen LogP contribution in [0.1, 0.15) is 35.0 Å². The average molecular weight is 443 g/mol. The highest BCUT2D eigenvalue weighted by molar-refractivity contribution is 7.99. The molecule has 164 valence electrons. The first kappa shape index (κ1) is 23.0. The minimum absolute atomic E-state index is 0.00209. The maximum Gasteiger partial charge on any atom is 0.327 e. The van der Waals surface area contributed by atoms with Gasteiger partial charge in [0.15, 0.2) is 5.78 Å². The smallest absolute Gasteiger partial charge is 0.327 e. The molecule has 31 heavy (non-hydrogen) atoms.